The van der Waals surface area contributed by atoms with Gasteiger partial charge in [-0.2, -0.15) is 0 Å². The average molecular weight is 355 g/mol. The van der Waals surface area contributed by atoms with Crippen LogP contribution in [0.4, 0.5) is 4.39 Å². The van der Waals surface area contributed by atoms with Crippen LogP contribution in [-0.4, -0.2) is 41.8 Å². The molecule has 0 unspecified atom stereocenters. The van der Waals surface area contributed by atoms with Crippen LogP contribution in [0.5, 0.6) is 0 Å². The molecule has 0 spiro atoms. The SMILES string of the molecule is O[C@H]1C[C@@H](CN2CCC(c3ccccc3)CC2)O[C@H]1c1ccc(F)cc1. The molecule has 2 aliphatic rings. The molecule has 0 aliphatic carbocycles. The van der Waals surface area contributed by atoms with Crippen LogP contribution < -0.4 is 0 Å². The number of hydrogen-bond donors (Lipinski definition) is 1. The van der Waals surface area contributed by atoms with E-state index in [1.807, 2.05) is 0 Å². The maximum atomic E-state index is 13.1. The van der Waals surface area contributed by atoms with Gasteiger partial charge in [0.25, 0.3) is 0 Å². The number of nitrogens with zero attached hydrogens (tertiary/aromatic N) is 1. The number of ether oxygens (including phenoxy) is 1. The topological polar surface area (TPSA) is 32.7 Å². The van der Waals surface area contributed by atoms with E-state index in [4.69, 9.17) is 4.74 Å². The van der Waals surface area contributed by atoms with Crippen LogP contribution in [0.2, 0.25) is 0 Å². The number of piperidine rings is 1. The van der Waals surface area contributed by atoms with Gasteiger partial charge < -0.3 is 14.7 Å². The molecule has 1 N–H and O–H groups in total. The normalized spacial score (nSPS) is 27.7. The summed E-state index contributed by atoms with van der Waals surface area (Å²) in [6.07, 6.45) is 2.14. The van der Waals surface area contributed by atoms with Gasteiger partial charge in [0, 0.05) is 13.0 Å². The number of aliphatic hydroxyl groups excluding tert-OH is 1. The number of rotatable bonds is 4. The second-order valence-corrected chi connectivity index (χ2v) is 7.52. The minimum Gasteiger partial charge on any atom is -0.390 e. The summed E-state index contributed by atoms with van der Waals surface area (Å²) < 4.78 is 19.2. The zero-order valence-corrected chi connectivity index (χ0v) is 14.9. The smallest absolute Gasteiger partial charge is 0.123 e. The Morgan fingerprint density at radius 3 is 2.35 bits per heavy atom. The molecule has 2 heterocycles. The van der Waals surface area contributed by atoms with Crippen LogP contribution in [-0.2, 0) is 4.74 Å². The quantitative estimate of drug-likeness (QED) is 0.903. The monoisotopic (exact) mass is 355 g/mol. The molecule has 4 rings (SSSR count). The van der Waals surface area contributed by atoms with Crippen LogP contribution >= 0.6 is 0 Å². The molecule has 0 radical (unpaired) electrons. The largest absolute Gasteiger partial charge is 0.390 e. The van der Waals surface area contributed by atoms with Crippen molar-refractivity contribution in [1.29, 1.82) is 0 Å². The maximum absolute atomic E-state index is 13.1. The van der Waals surface area contributed by atoms with Crippen molar-refractivity contribution in [1.82, 2.24) is 4.90 Å². The summed E-state index contributed by atoms with van der Waals surface area (Å²) in [5.74, 6) is 0.383. The molecular formula is C22H26FNO2. The first-order chi connectivity index (χ1) is 12.7. The van der Waals surface area contributed by atoms with E-state index in [-0.39, 0.29) is 18.0 Å². The van der Waals surface area contributed by atoms with Gasteiger partial charge >= 0.3 is 0 Å². The first-order valence-corrected chi connectivity index (χ1v) is 9.55. The zero-order chi connectivity index (χ0) is 17.9. The lowest BCUT2D eigenvalue weighted by Gasteiger charge is -2.33. The summed E-state index contributed by atoms with van der Waals surface area (Å²) in [6, 6.07) is 17.0. The van der Waals surface area contributed by atoms with Gasteiger partial charge in [0.1, 0.15) is 11.9 Å². The van der Waals surface area contributed by atoms with Gasteiger partial charge in [0.05, 0.1) is 12.2 Å². The molecule has 3 nitrogen and oxygen atoms in total. The van der Waals surface area contributed by atoms with Crippen LogP contribution in [0.25, 0.3) is 0 Å². The molecule has 3 atom stereocenters. The molecule has 2 aromatic rings. The van der Waals surface area contributed by atoms with Crippen LogP contribution in [0.1, 0.15) is 42.4 Å². The van der Waals surface area contributed by atoms with Gasteiger partial charge in [-0.3, -0.25) is 0 Å². The maximum Gasteiger partial charge on any atom is 0.123 e. The predicted molar refractivity (Wildman–Crippen MR) is 99.5 cm³/mol. The second kappa shape index (κ2) is 7.87. The van der Waals surface area contributed by atoms with E-state index >= 15 is 0 Å². The summed E-state index contributed by atoms with van der Waals surface area (Å²) in [7, 11) is 0. The molecule has 4 heteroatoms. The molecule has 2 saturated heterocycles. The van der Waals surface area contributed by atoms with Crippen molar-refractivity contribution in [2.45, 2.75) is 43.5 Å². The van der Waals surface area contributed by atoms with E-state index < -0.39 is 6.10 Å². The van der Waals surface area contributed by atoms with Gasteiger partial charge in [0.2, 0.25) is 0 Å². The highest BCUT2D eigenvalue weighted by Gasteiger charge is 2.36. The summed E-state index contributed by atoms with van der Waals surface area (Å²) in [5.41, 5.74) is 2.29. The average Bonchev–Trinajstić information content (AvgIpc) is 3.04. The highest BCUT2D eigenvalue weighted by Crippen LogP contribution is 2.34. The number of halogens is 1. The Labute approximate surface area is 154 Å². The van der Waals surface area contributed by atoms with Gasteiger partial charge in [-0.1, -0.05) is 42.5 Å². The number of likely N-dealkylation sites (tertiary alicyclic amines) is 1. The second-order valence-electron chi connectivity index (χ2n) is 7.52. The molecule has 138 valence electrons. The summed E-state index contributed by atoms with van der Waals surface area (Å²) in [6.45, 7) is 2.99. The Kier molecular flexibility index (Phi) is 5.34. The Hall–Kier alpha value is -1.75. The van der Waals surface area contributed by atoms with E-state index in [1.165, 1.54) is 30.5 Å². The number of aliphatic hydroxyl groups is 1. The number of hydrogen-bond acceptors (Lipinski definition) is 3. The molecule has 26 heavy (non-hydrogen) atoms. The standard InChI is InChI=1S/C22H26FNO2/c23-19-8-6-18(7-9-19)22-21(25)14-20(26-22)15-24-12-10-17(11-13-24)16-4-2-1-3-5-16/h1-9,17,20-22,25H,10-15H2/t20-,21-,22-/m0/s1. The van der Waals surface area contributed by atoms with Crippen molar-refractivity contribution in [2.24, 2.45) is 0 Å². The van der Waals surface area contributed by atoms with Gasteiger partial charge in [-0.15, -0.1) is 0 Å². The highest BCUT2D eigenvalue weighted by molar-refractivity contribution is 5.21. The fourth-order valence-electron chi connectivity index (χ4n) is 4.28. The van der Waals surface area contributed by atoms with Crippen molar-refractivity contribution in [3.05, 3.63) is 71.5 Å². The lowest BCUT2D eigenvalue weighted by atomic mass is 9.89. The van der Waals surface area contributed by atoms with Crippen molar-refractivity contribution in [3.8, 4) is 0 Å². The minimum atomic E-state index is -0.521. The molecule has 0 saturated carbocycles. The third-order valence-corrected chi connectivity index (χ3v) is 5.71. The lowest BCUT2D eigenvalue weighted by Crippen LogP contribution is -2.38. The van der Waals surface area contributed by atoms with Gasteiger partial charge in [-0.25, -0.2) is 4.39 Å². The molecule has 2 aliphatic heterocycles. The third kappa shape index (κ3) is 3.98. The molecule has 2 fully saturated rings. The van der Waals surface area contributed by atoms with E-state index in [0.29, 0.717) is 12.3 Å². The van der Waals surface area contributed by atoms with Crippen molar-refractivity contribution >= 4 is 0 Å². The fraction of sp³-hybridized carbons (Fsp3) is 0.455. The molecule has 2 aromatic carbocycles. The Balaban J connectivity index is 1.30. The molecular weight excluding hydrogens is 329 g/mol. The fourth-order valence-corrected chi connectivity index (χ4v) is 4.28. The Morgan fingerprint density at radius 1 is 0.962 bits per heavy atom. The summed E-state index contributed by atoms with van der Waals surface area (Å²) in [4.78, 5) is 2.45. The molecule has 0 bridgehead atoms. The predicted octanol–water partition coefficient (Wildman–Crippen LogP) is 3.90. The van der Waals surface area contributed by atoms with E-state index in [2.05, 4.69) is 35.2 Å². The van der Waals surface area contributed by atoms with Gasteiger partial charge in [-0.05, 0) is 55.1 Å². The van der Waals surface area contributed by atoms with E-state index in [1.54, 1.807) is 12.1 Å². The van der Waals surface area contributed by atoms with Gasteiger partial charge in [0.15, 0.2) is 0 Å². The number of benzene rings is 2. The van der Waals surface area contributed by atoms with Crippen LogP contribution in [0, 0.1) is 5.82 Å². The van der Waals surface area contributed by atoms with E-state index in [9.17, 15) is 9.50 Å². The first-order valence-electron chi connectivity index (χ1n) is 9.55. The third-order valence-electron chi connectivity index (χ3n) is 5.71. The summed E-state index contributed by atoms with van der Waals surface area (Å²) >= 11 is 0. The zero-order valence-electron chi connectivity index (χ0n) is 14.9. The van der Waals surface area contributed by atoms with E-state index in [0.717, 1.165) is 25.2 Å². The van der Waals surface area contributed by atoms with Crippen LogP contribution in [0.15, 0.2) is 54.6 Å². The first kappa shape index (κ1) is 17.7. The van der Waals surface area contributed by atoms with Crippen molar-refractivity contribution in [2.75, 3.05) is 19.6 Å². The van der Waals surface area contributed by atoms with Crippen molar-refractivity contribution < 1.29 is 14.2 Å². The summed E-state index contributed by atoms with van der Waals surface area (Å²) in [5, 5.41) is 10.4. The Bertz CT molecular complexity index is 698. The molecule has 0 aromatic heterocycles. The van der Waals surface area contributed by atoms with Crippen LogP contribution in [0.3, 0.4) is 0 Å². The highest BCUT2D eigenvalue weighted by atomic mass is 19.1. The van der Waals surface area contributed by atoms with Crippen molar-refractivity contribution in [3.63, 3.8) is 0 Å². The lowest BCUT2D eigenvalue weighted by molar-refractivity contribution is -0.00584. The minimum absolute atomic E-state index is 0.0355. The Morgan fingerprint density at radius 2 is 1.65 bits per heavy atom. The molecule has 0 amide bonds.